The Labute approximate surface area is 116 Å². The number of aryl methyl sites for hydroxylation is 1. The average Bonchev–Trinajstić information content (AvgIpc) is 2.39. The van der Waals surface area contributed by atoms with E-state index in [1.165, 1.54) is 16.7 Å². The van der Waals surface area contributed by atoms with E-state index in [0.29, 0.717) is 18.6 Å². The van der Waals surface area contributed by atoms with E-state index >= 15 is 0 Å². The molecule has 2 N–H and O–H groups in total. The van der Waals surface area contributed by atoms with Crippen LogP contribution in [0.2, 0.25) is 0 Å². The third-order valence-electron chi connectivity index (χ3n) is 4.29. The Kier molecular flexibility index (Phi) is 4.61. The monoisotopic (exact) mass is 262 g/mol. The SMILES string of the molecule is Cc1cccc(C(CN)N2CC(C)OCC2C)c1C. The predicted molar refractivity (Wildman–Crippen MR) is 79.3 cm³/mol. The summed E-state index contributed by atoms with van der Waals surface area (Å²) in [5.41, 5.74) is 10.1. The van der Waals surface area contributed by atoms with Crippen LogP contribution in [0.3, 0.4) is 0 Å². The van der Waals surface area contributed by atoms with Crippen molar-refractivity contribution in [1.29, 1.82) is 0 Å². The maximum Gasteiger partial charge on any atom is 0.0675 e. The van der Waals surface area contributed by atoms with Crippen LogP contribution in [0.1, 0.15) is 36.6 Å². The number of nitrogens with zero attached hydrogens (tertiary/aromatic N) is 1. The lowest BCUT2D eigenvalue weighted by molar-refractivity contribution is -0.0654. The Hall–Kier alpha value is -0.900. The van der Waals surface area contributed by atoms with Crippen LogP contribution in [-0.4, -0.2) is 36.7 Å². The average molecular weight is 262 g/mol. The fraction of sp³-hybridized carbons (Fsp3) is 0.625. The highest BCUT2D eigenvalue weighted by Crippen LogP contribution is 2.28. The normalized spacial score (nSPS) is 26.4. The van der Waals surface area contributed by atoms with Gasteiger partial charge in [0, 0.05) is 25.2 Å². The molecule has 1 fully saturated rings. The molecule has 0 spiro atoms. The van der Waals surface area contributed by atoms with Crippen molar-refractivity contribution in [2.24, 2.45) is 5.73 Å². The summed E-state index contributed by atoms with van der Waals surface area (Å²) in [7, 11) is 0. The van der Waals surface area contributed by atoms with Gasteiger partial charge in [-0.2, -0.15) is 0 Å². The fourth-order valence-corrected chi connectivity index (χ4v) is 2.94. The highest BCUT2D eigenvalue weighted by molar-refractivity contribution is 5.35. The molecular formula is C16H26N2O. The van der Waals surface area contributed by atoms with E-state index in [1.807, 2.05) is 0 Å². The van der Waals surface area contributed by atoms with Crippen LogP contribution in [0.5, 0.6) is 0 Å². The lowest BCUT2D eigenvalue weighted by Crippen LogP contribution is -2.50. The van der Waals surface area contributed by atoms with E-state index in [0.717, 1.165) is 13.2 Å². The molecule has 1 aromatic rings. The molecule has 0 saturated carbocycles. The van der Waals surface area contributed by atoms with Gasteiger partial charge in [-0.1, -0.05) is 18.2 Å². The second-order valence-corrected chi connectivity index (χ2v) is 5.73. The molecule has 0 aromatic heterocycles. The van der Waals surface area contributed by atoms with Gasteiger partial charge in [-0.25, -0.2) is 0 Å². The van der Waals surface area contributed by atoms with Gasteiger partial charge in [0.25, 0.3) is 0 Å². The Bertz CT molecular complexity index is 433. The first kappa shape index (κ1) is 14.5. The molecule has 3 atom stereocenters. The molecular weight excluding hydrogens is 236 g/mol. The van der Waals surface area contributed by atoms with Gasteiger partial charge in [-0.05, 0) is 44.4 Å². The van der Waals surface area contributed by atoms with E-state index in [-0.39, 0.29) is 6.10 Å². The number of benzene rings is 1. The van der Waals surface area contributed by atoms with Crippen molar-refractivity contribution in [2.75, 3.05) is 19.7 Å². The van der Waals surface area contributed by atoms with Crippen LogP contribution in [-0.2, 0) is 4.74 Å². The number of hydrogen-bond donors (Lipinski definition) is 1. The topological polar surface area (TPSA) is 38.5 Å². The first-order valence-corrected chi connectivity index (χ1v) is 7.18. The summed E-state index contributed by atoms with van der Waals surface area (Å²) in [6.07, 6.45) is 0.287. The molecule has 1 aliphatic rings. The second kappa shape index (κ2) is 6.04. The van der Waals surface area contributed by atoms with Gasteiger partial charge in [0.1, 0.15) is 0 Å². The lowest BCUT2D eigenvalue weighted by atomic mass is 9.95. The zero-order valence-electron chi connectivity index (χ0n) is 12.5. The second-order valence-electron chi connectivity index (χ2n) is 5.73. The van der Waals surface area contributed by atoms with Gasteiger partial charge in [0.05, 0.1) is 12.7 Å². The number of morpholine rings is 1. The van der Waals surface area contributed by atoms with Gasteiger partial charge in [0.15, 0.2) is 0 Å². The zero-order valence-corrected chi connectivity index (χ0v) is 12.5. The molecule has 0 radical (unpaired) electrons. The molecule has 1 aromatic carbocycles. The summed E-state index contributed by atoms with van der Waals surface area (Å²) in [6, 6.07) is 7.23. The van der Waals surface area contributed by atoms with Gasteiger partial charge in [-0.15, -0.1) is 0 Å². The molecule has 0 aliphatic carbocycles. The van der Waals surface area contributed by atoms with Crippen LogP contribution in [0.25, 0.3) is 0 Å². The molecule has 19 heavy (non-hydrogen) atoms. The minimum atomic E-state index is 0.287. The maximum atomic E-state index is 6.08. The summed E-state index contributed by atoms with van der Waals surface area (Å²) in [5, 5.41) is 0. The Balaban J connectivity index is 2.30. The third kappa shape index (κ3) is 2.99. The molecule has 2 rings (SSSR count). The summed E-state index contributed by atoms with van der Waals surface area (Å²) in [4.78, 5) is 2.50. The zero-order chi connectivity index (χ0) is 14.0. The summed E-state index contributed by atoms with van der Waals surface area (Å²) >= 11 is 0. The van der Waals surface area contributed by atoms with Crippen molar-refractivity contribution in [3.63, 3.8) is 0 Å². The van der Waals surface area contributed by atoms with Crippen molar-refractivity contribution >= 4 is 0 Å². The van der Waals surface area contributed by atoms with Gasteiger partial charge < -0.3 is 10.5 Å². The van der Waals surface area contributed by atoms with Crippen molar-refractivity contribution < 1.29 is 4.74 Å². The molecule has 1 heterocycles. The number of rotatable bonds is 3. The number of nitrogens with two attached hydrogens (primary N) is 1. The third-order valence-corrected chi connectivity index (χ3v) is 4.29. The van der Waals surface area contributed by atoms with Gasteiger partial charge >= 0.3 is 0 Å². The van der Waals surface area contributed by atoms with Gasteiger partial charge in [-0.3, -0.25) is 4.90 Å². The van der Waals surface area contributed by atoms with E-state index < -0.39 is 0 Å². The summed E-state index contributed by atoms with van der Waals surface area (Å²) < 4.78 is 5.72. The molecule has 1 aliphatic heterocycles. The molecule has 3 nitrogen and oxygen atoms in total. The minimum absolute atomic E-state index is 0.287. The van der Waals surface area contributed by atoms with Crippen molar-refractivity contribution in [3.8, 4) is 0 Å². The van der Waals surface area contributed by atoms with Crippen molar-refractivity contribution in [1.82, 2.24) is 4.90 Å². The standard InChI is InChI=1S/C16H26N2O/c1-11-6-5-7-15(14(11)4)16(8-17)18-9-13(3)19-10-12(18)2/h5-7,12-13,16H,8-10,17H2,1-4H3. The Morgan fingerprint density at radius 3 is 2.79 bits per heavy atom. The Morgan fingerprint density at radius 2 is 2.11 bits per heavy atom. The summed E-state index contributed by atoms with van der Waals surface area (Å²) in [6.45, 7) is 11.1. The molecule has 106 valence electrons. The smallest absolute Gasteiger partial charge is 0.0675 e. The van der Waals surface area contributed by atoms with Crippen molar-refractivity contribution in [2.45, 2.75) is 45.9 Å². The minimum Gasteiger partial charge on any atom is -0.376 e. The van der Waals surface area contributed by atoms with Gasteiger partial charge in [0.2, 0.25) is 0 Å². The number of hydrogen-bond acceptors (Lipinski definition) is 3. The highest BCUT2D eigenvalue weighted by atomic mass is 16.5. The molecule has 0 amide bonds. The Morgan fingerprint density at radius 1 is 1.37 bits per heavy atom. The number of ether oxygens (including phenoxy) is 1. The molecule has 1 saturated heterocycles. The first-order valence-electron chi connectivity index (χ1n) is 7.18. The molecule has 0 bridgehead atoms. The maximum absolute atomic E-state index is 6.08. The van der Waals surface area contributed by atoms with E-state index in [4.69, 9.17) is 10.5 Å². The van der Waals surface area contributed by atoms with Crippen LogP contribution in [0.4, 0.5) is 0 Å². The van der Waals surface area contributed by atoms with Crippen LogP contribution >= 0.6 is 0 Å². The predicted octanol–water partition coefficient (Wildman–Crippen LogP) is 2.41. The van der Waals surface area contributed by atoms with E-state index in [1.54, 1.807) is 0 Å². The van der Waals surface area contributed by atoms with Crippen LogP contribution < -0.4 is 5.73 Å². The quantitative estimate of drug-likeness (QED) is 0.909. The van der Waals surface area contributed by atoms with E-state index in [9.17, 15) is 0 Å². The first-order chi connectivity index (χ1) is 9.04. The molecule has 3 heteroatoms. The van der Waals surface area contributed by atoms with E-state index in [2.05, 4.69) is 50.8 Å². The largest absolute Gasteiger partial charge is 0.376 e. The molecule has 3 unspecified atom stereocenters. The van der Waals surface area contributed by atoms with Crippen LogP contribution in [0.15, 0.2) is 18.2 Å². The fourth-order valence-electron chi connectivity index (χ4n) is 2.94. The highest BCUT2D eigenvalue weighted by Gasteiger charge is 2.30. The summed E-state index contributed by atoms with van der Waals surface area (Å²) in [5.74, 6) is 0. The lowest BCUT2D eigenvalue weighted by Gasteiger charge is -2.42. The van der Waals surface area contributed by atoms with Crippen LogP contribution in [0, 0.1) is 13.8 Å². The van der Waals surface area contributed by atoms with Crippen molar-refractivity contribution in [3.05, 3.63) is 34.9 Å².